The molecule has 0 aliphatic heterocycles. The number of aliphatic hydroxyl groups is 1. The fourth-order valence-electron chi connectivity index (χ4n) is 1.64. The quantitative estimate of drug-likeness (QED) is 0.591. The Bertz CT molecular complexity index is 227. The number of hydrogen-bond donors (Lipinski definition) is 3. The summed E-state index contributed by atoms with van der Waals surface area (Å²) in [6, 6.07) is -0.324. The fourth-order valence-corrected chi connectivity index (χ4v) is 1.64. The van der Waals surface area contributed by atoms with Crippen LogP contribution in [-0.4, -0.2) is 35.0 Å². The van der Waals surface area contributed by atoms with Crippen LogP contribution in [0.15, 0.2) is 0 Å². The second-order valence-corrected chi connectivity index (χ2v) is 5.05. The second-order valence-electron chi connectivity index (χ2n) is 5.05. The number of carbonyl (C=O) groups excluding carboxylic acids is 1. The van der Waals surface area contributed by atoms with E-state index < -0.39 is 17.8 Å². The molecule has 1 saturated carbocycles. The summed E-state index contributed by atoms with van der Waals surface area (Å²) in [6.45, 7) is 5.42. The van der Waals surface area contributed by atoms with Crippen LogP contribution in [0.25, 0.3) is 0 Å². The van der Waals surface area contributed by atoms with Gasteiger partial charge in [-0.3, -0.25) is 0 Å². The van der Waals surface area contributed by atoms with Crippen molar-refractivity contribution in [3.05, 3.63) is 0 Å². The normalized spacial score (nSPS) is 31.4. The molecule has 0 radical (unpaired) electrons. The highest BCUT2D eigenvalue weighted by molar-refractivity contribution is 5.68. The Labute approximate surface area is 90.0 Å². The molecule has 0 unspecified atom stereocenters. The predicted octanol–water partition coefficient (Wildman–Crippen LogP) is 0.362. The van der Waals surface area contributed by atoms with E-state index in [4.69, 9.17) is 10.5 Å². The van der Waals surface area contributed by atoms with E-state index in [1.54, 1.807) is 0 Å². The molecule has 1 amide bonds. The summed E-state index contributed by atoms with van der Waals surface area (Å²) in [5.74, 6) is 0. The summed E-state index contributed by atoms with van der Waals surface area (Å²) in [5, 5.41) is 12.1. The zero-order chi connectivity index (χ0) is 11.6. The molecule has 3 atom stereocenters. The van der Waals surface area contributed by atoms with Crippen LogP contribution >= 0.6 is 0 Å². The Morgan fingerprint density at radius 2 is 2.07 bits per heavy atom. The number of carbonyl (C=O) groups is 1. The van der Waals surface area contributed by atoms with E-state index in [1.165, 1.54) is 0 Å². The lowest BCUT2D eigenvalue weighted by molar-refractivity contribution is 0.0502. The van der Waals surface area contributed by atoms with Gasteiger partial charge in [0.1, 0.15) is 5.60 Å². The first kappa shape index (κ1) is 12.3. The number of nitrogens with two attached hydrogens (primary N) is 1. The van der Waals surface area contributed by atoms with Gasteiger partial charge in [0.05, 0.1) is 6.10 Å². The Morgan fingerprint density at radius 1 is 1.47 bits per heavy atom. The van der Waals surface area contributed by atoms with Gasteiger partial charge in [0.25, 0.3) is 0 Å². The average Bonchev–Trinajstić information content (AvgIpc) is 2.26. The molecule has 0 aromatic heterocycles. The Morgan fingerprint density at radius 3 is 2.47 bits per heavy atom. The molecule has 0 bridgehead atoms. The molecule has 0 aromatic rings. The molecule has 0 heterocycles. The van der Waals surface area contributed by atoms with Crippen molar-refractivity contribution in [2.75, 3.05) is 0 Å². The molecule has 5 heteroatoms. The van der Waals surface area contributed by atoms with Gasteiger partial charge in [-0.2, -0.15) is 0 Å². The molecule has 1 rings (SSSR count). The van der Waals surface area contributed by atoms with Gasteiger partial charge in [-0.1, -0.05) is 0 Å². The number of rotatable bonds is 1. The summed E-state index contributed by atoms with van der Waals surface area (Å²) in [7, 11) is 0. The van der Waals surface area contributed by atoms with Crippen LogP contribution in [0.1, 0.15) is 33.6 Å². The van der Waals surface area contributed by atoms with Crippen molar-refractivity contribution >= 4 is 6.09 Å². The standard InChI is InChI=1S/C10H20N2O3/c1-10(2,3)15-9(14)12-6-4-7(11)8(13)5-6/h6-8,13H,4-5,11H2,1-3H3,(H,12,14)/t6-,7-,8-/m1/s1. The van der Waals surface area contributed by atoms with Crippen LogP contribution in [0, 0.1) is 0 Å². The molecule has 88 valence electrons. The highest BCUT2D eigenvalue weighted by atomic mass is 16.6. The molecule has 1 fully saturated rings. The highest BCUT2D eigenvalue weighted by Crippen LogP contribution is 2.18. The monoisotopic (exact) mass is 216 g/mol. The molecule has 0 aromatic carbocycles. The minimum absolute atomic E-state index is 0.0788. The zero-order valence-electron chi connectivity index (χ0n) is 9.49. The predicted molar refractivity (Wildman–Crippen MR) is 56.4 cm³/mol. The lowest BCUT2D eigenvalue weighted by Crippen LogP contribution is -2.38. The van der Waals surface area contributed by atoms with E-state index in [1.807, 2.05) is 20.8 Å². The second kappa shape index (κ2) is 4.37. The lowest BCUT2D eigenvalue weighted by atomic mass is 10.2. The van der Waals surface area contributed by atoms with Crippen LogP contribution in [0.3, 0.4) is 0 Å². The zero-order valence-corrected chi connectivity index (χ0v) is 9.49. The number of amides is 1. The summed E-state index contributed by atoms with van der Waals surface area (Å²) < 4.78 is 5.10. The van der Waals surface area contributed by atoms with Gasteiger partial charge < -0.3 is 20.9 Å². The summed E-state index contributed by atoms with van der Waals surface area (Å²) in [4.78, 5) is 11.4. The third-order valence-corrected chi connectivity index (χ3v) is 2.30. The van der Waals surface area contributed by atoms with Gasteiger partial charge in [0.15, 0.2) is 0 Å². The lowest BCUT2D eigenvalue weighted by Gasteiger charge is -2.21. The maximum atomic E-state index is 11.4. The van der Waals surface area contributed by atoms with Crippen molar-refractivity contribution < 1.29 is 14.6 Å². The summed E-state index contributed by atoms with van der Waals surface area (Å²) >= 11 is 0. The summed E-state index contributed by atoms with van der Waals surface area (Å²) in [5.41, 5.74) is 5.13. The first-order valence-electron chi connectivity index (χ1n) is 5.21. The molecule has 1 aliphatic rings. The number of alkyl carbamates (subject to hydrolysis) is 1. The van der Waals surface area contributed by atoms with Gasteiger partial charge in [-0.15, -0.1) is 0 Å². The topological polar surface area (TPSA) is 84.6 Å². The first-order valence-corrected chi connectivity index (χ1v) is 5.21. The van der Waals surface area contributed by atoms with Crippen LogP contribution in [0.4, 0.5) is 4.79 Å². The van der Waals surface area contributed by atoms with E-state index in [9.17, 15) is 9.90 Å². The van der Waals surface area contributed by atoms with Gasteiger partial charge in [0.2, 0.25) is 0 Å². The van der Waals surface area contributed by atoms with Crippen molar-refractivity contribution in [3.8, 4) is 0 Å². The van der Waals surface area contributed by atoms with Gasteiger partial charge in [-0.25, -0.2) is 4.79 Å². The molecule has 1 aliphatic carbocycles. The van der Waals surface area contributed by atoms with E-state index in [0.29, 0.717) is 12.8 Å². The van der Waals surface area contributed by atoms with E-state index in [0.717, 1.165) is 0 Å². The van der Waals surface area contributed by atoms with Crippen LogP contribution in [-0.2, 0) is 4.74 Å². The van der Waals surface area contributed by atoms with Crippen molar-refractivity contribution in [2.45, 2.75) is 57.4 Å². The minimum Gasteiger partial charge on any atom is -0.444 e. The van der Waals surface area contributed by atoms with Gasteiger partial charge in [0, 0.05) is 12.1 Å². The fraction of sp³-hybridized carbons (Fsp3) is 0.900. The van der Waals surface area contributed by atoms with Crippen LogP contribution < -0.4 is 11.1 Å². The molecular formula is C10H20N2O3. The Kier molecular flexibility index (Phi) is 3.57. The third-order valence-electron chi connectivity index (χ3n) is 2.30. The molecule has 0 spiro atoms. The van der Waals surface area contributed by atoms with Crippen LogP contribution in [0.2, 0.25) is 0 Å². The maximum absolute atomic E-state index is 11.4. The Balaban J connectivity index is 2.34. The van der Waals surface area contributed by atoms with E-state index >= 15 is 0 Å². The molecule has 5 nitrogen and oxygen atoms in total. The number of aliphatic hydroxyl groups excluding tert-OH is 1. The van der Waals surface area contributed by atoms with Crippen molar-refractivity contribution in [1.29, 1.82) is 0 Å². The van der Waals surface area contributed by atoms with Gasteiger partial charge >= 0.3 is 6.09 Å². The number of hydrogen-bond acceptors (Lipinski definition) is 4. The average molecular weight is 216 g/mol. The van der Waals surface area contributed by atoms with Crippen LogP contribution in [0.5, 0.6) is 0 Å². The molecule has 0 saturated heterocycles. The largest absolute Gasteiger partial charge is 0.444 e. The van der Waals surface area contributed by atoms with E-state index in [2.05, 4.69) is 5.32 Å². The van der Waals surface area contributed by atoms with Crippen molar-refractivity contribution in [3.63, 3.8) is 0 Å². The van der Waals surface area contributed by atoms with Gasteiger partial charge in [-0.05, 0) is 33.6 Å². The SMILES string of the molecule is CC(C)(C)OC(=O)N[C@@H]1C[C@@H](N)[C@H](O)C1. The Hall–Kier alpha value is -0.810. The smallest absolute Gasteiger partial charge is 0.407 e. The minimum atomic E-state index is -0.523. The third kappa shape index (κ3) is 4.05. The number of nitrogens with one attached hydrogen (secondary N) is 1. The first-order chi connectivity index (χ1) is 6.78. The van der Waals surface area contributed by atoms with Crippen molar-refractivity contribution in [2.24, 2.45) is 5.73 Å². The highest BCUT2D eigenvalue weighted by Gasteiger charge is 2.32. The maximum Gasteiger partial charge on any atom is 0.407 e. The molecule has 4 N–H and O–H groups in total. The summed E-state index contributed by atoms with van der Waals surface area (Å²) in [6.07, 6.45) is 0.125. The van der Waals surface area contributed by atoms with E-state index in [-0.39, 0.29) is 12.1 Å². The molecule has 15 heavy (non-hydrogen) atoms. The number of ether oxygens (including phenoxy) is 1. The molecular weight excluding hydrogens is 196 g/mol. The van der Waals surface area contributed by atoms with Crippen molar-refractivity contribution in [1.82, 2.24) is 5.32 Å².